The lowest BCUT2D eigenvalue weighted by Gasteiger charge is -2.10. The smallest absolute Gasteiger partial charge is 0.191 e. The zero-order chi connectivity index (χ0) is 14.4. The molecule has 0 bridgehead atoms. The van der Waals surface area contributed by atoms with Crippen molar-refractivity contribution in [3.05, 3.63) is 17.5 Å². The van der Waals surface area contributed by atoms with Crippen molar-refractivity contribution < 1.29 is 4.52 Å². The molecule has 1 aliphatic rings. The lowest BCUT2D eigenvalue weighted by Crippen LogP contribution is -2.37. The molecule has 1 aromatic rings. The van der Waals surface area contributed by atoms with Crippen molar-refractivity contribution >= 4 is 29.9 Å². The lowest BCUT2D eigenvalue weighted by atomic mass is 10.1. The Morgan fingerprint density at radius 2 is 2.19 bits per heavy atom. The van der Waals surface area contributed by atoms with E-state index in [4.69, 9.17) is 4.52 Å². The zero-order valence-electron chi connectivity index (χ0n) is 13.2. The molecule has 0 spiro atoms. The van der Waals surface area contributed by atoms with E-state index < -0.39 is 0 Å². The molecule has 1 aromatic heterocycles. The fourth-order valence-electron chi connectivity index (χ4n) is 2.08. The molecule has 1 fully saturated rings. The molecule has 0 atom stereocenters. The van der Waals surface area contributed by atoms with Crippen LogP contribution in [0.2, 0.25) is 0 Å². The summed E-state index contributed by atoms with van der Waals surface area (Å²) >= 11 is 0. The first-order valence-electron chi connectivity index (χ1n) is 7.59. The quantitative estimate of drug-likeness (QED) is 0.316. The van der Waals surface area contributed by atoms with Crippen molar-refractivity contribution in [1.82, 2.24) is 15.8 Å². The van der Waals surface area contributed by atoms with Gasteiger partial charge in [-0.25, -0.2) is 0 Å². The van der Waals surface area contributed by atoms with E-state index in [0.717, 1.165) is 29.9 Å². The molecule has 2 N–H and O–H groups in total. The number of nitrogens with zero attached hydrogens (tertiary/aromatic N) is 2. The number of halogens is 1. The van der Waals surface area contributed by atoms with Crippen LogP contribution in [0.25, 0.3) is 0 Å². The molecule has 2 rings (SSSR count). The SMILES string of the molecule is CN=C(NCCCC1CC1)NCc1cc(C(C)C)no1.I. The topological polar surface area (TPSA) is 62.5 Å². The minimum atomic E-state index is 0. The summed E-state index contributed by atoms with van der Waals surface area (Å²) in [5, 5.41) is 10.6. The summed E-state index contributed by atoms with van der Waals surface area (Å²) < 4.78 is 5.29. The fourth-order valence-corrected chi connectivity index (χ4v) is 2.08. The molecule has 1 aliphatic carbocycles. The zero-order valence-corrected chi connectivity index (χ0v) is 15.5. The largest absolute Gasteiger partial charge is 0.359 e. The van der Waals surface area contributed by atoms with Crippen molar-refractivity contribution in [3.63, 3.8) is 0 Å². The van der Waals surface area contributed by atoms with Gasteiger partial charge in [-0.3, -0.25) is 4.99 Å². The van der Waals surface area contributed by atoms with Gasteiger partial charge in [0.2, 0.25) is 0 Å². The number of hydrogen-bond donors (Lipinski definition) is 2. The highest BCUT2D eigenvalue weighted by atomic mass is 127. The average Bonchev–Trinajstić information content (AvgIpc) is 3.13. The van der Waals surface area contributed by atoms with Crippen molar-refractivity contribution in [1.29, 1.82) is 0 Å². The number of nitrogens with one attached hydrogen (secondary N) is 2. The summed E-state index contributed by atoms with van der Waals surface area (Å²) in [6.45, 7) is 5.80. The predicted octanol–water partition coefficient (Wildman–Crippen LogP) is 3.27. The maximum Gasteiger partial charge on any atom is 0.191 e. The Labute approximate surface area is 144 Å². The second-order valence-corrected chi connectivity index (χ2v) is 5.81. The molecule has 1 saturated carbocycles. The van der Waals surface area contributed by atoms with E-state index in [0.29, 0.717) is 12.5 Å². The molecule has 0 unspecified atom stereocenters. The first-order valence-corrected chi connectivity index (χ1v) is 7.59. The fraction of sp³-hybridized carbons (Fsp3) is 0.733. The number of guanidine groups is 1. The molecule has 0 aromatic carbocycles. The maximum atomic E-state index is 5.29. The summed E-state index contributed by atoms with van der Waals surface area (Å²) in [6.07, 6.45) is 5.41. The number of hydrogen-bond acceptors (Lipinski definition) is 3. The van der Waals surface area contributed by atoms with Gasteiger partial charge in [-0.1, -0.05) is 31.8 Å². The highest BCUT2D eigenvalue weighted by Crippen LogP contribution is 2.33. The van der Waals surface area contributed by atoms with Crippen molar-refractivity contribution in [2.24, 2.45) is 10.9 Å². The van der Waals surface area contributed by atoms with Crippen molar-refractivity contribution in [2.75, 3.05) is 13.6 Å². The van der Waals surface area contributed by atoms with Gasteiger partial charge in [0.25, 0.3) is 0 Å². The van der Waals surface area contributed by atoms with E-state index in [9.17, 15) is 0 Å². The van der Waals surface area contributed by atoms with E-state index in [2.05, 4.69) is 34.6 Å². The van der Waals surface area contributed by atoms with Crippen LogP contribution in [0, 0.1) is 5.92 Å². The van der Waals surface area contributed by atoms with Gasteiger partial charge in [-0.05, 0) is 24.7 Å². The monoisotopic (exact) mass is 406 g/mol. The molecule has 0 amide bonds. The summed E-state index contributed by atoms with van der Waals surface area (Å²) in [4.78, 5) is 4.21. The van der Waals surface area contributed by atoms with Gasteiger partial charge in [0.15, 0.2) is 11.7 Å². The lowest BCUT2D eigenvalue weighted by molar-refractivity contribution is 0.372. The Balaban J connectivity index is 0.00000220. The highest BCUT2D eigenvalue weighted by molar-refractivity contribution is 14.0. The number of aliphatic imine (C=N–C) groups is 1. The summed E-state index contributed by atoms with van der Waals surface area (Å²) in [5.41, 5.74) is 0.995. The van der Waals surface area contributed by atoms with E-state index in [1.807, 2.05) is 6.07 Å². The Bertz CT molecular complexity index is 441. The molecular formula is C15H27IN4O. The molecule has 1 heterocycles. The number of rotatable bonds is 7. The van der Waals surface area contributed by atoms with Crippen molar-refractivity contribution in [3.8, 4) is 0 Å². The first-order chi connectivity index (χ1) is 9.69. The van der Waals surface area contributed by atoms with Crippen LogP contribution in [0.15, 0.2) is 15.6 Å². The molecule has 6 heteroatoms. The third-order valence-corrected chi connectivity index (χ3v) is 3.60. The molecule has 120 valence electrons. The Kier molecular flexibility index (Phi) is 8.06. The van der Waals surface area contributed by atoms with Crippen LogP contribution in [0.4, 0.5) is 0 Å². The Morgan fingerprint density at radius 3 is 2.76 bits per heavy atom. The van der Waals surface area contributed by atoms with Gasteiger partial charge in [0.1, 0.15) is 0 Å². The van der Waals surface area contributed by atoms with Crippen LogP contribution in [0.5, 0.6) is 0 Å². The minimum Gasteiger partial charge on any atom is -0.359 e. The predicted molar refractivity (Wildman–Crippen MR) is 96.2 cm³/mol. The molecule has 5 nitrogen and oxygen atoms in total. The Hall–Kier alpha value is -0.790. The molecule has 21 heavy (non-hydrogen) atoms. The number of aromatic nitrogens is 1. The first kappa shape index (κ1) is 18.3. The van der Waals surface area contributed by atoms with Crippen LogP contribution < -0.4 is 10.6 Å². The highest BCUT2D eigenvalue weighted by Gasteiger charge is 2.19. The van der Waals surface area contributed by atoms with Gasteiger partial charge < -0.3 is 15.2 Å². The van der Waals surface area contributed by atoms with E-state index in [-0.39, 0.29) is 24.0 Å². The van der Waals surface area contributed by atoms with Gasteiger partial charge >= 0.3 is 0 Å². The van der Waals surface area contributed by atoms with Gasteiger partial charge in [-0.2, -0.15) is 0 Å². The maximum absolute atomic E-state index is 5.29. The normalized spacial score (nSPS) is 15.0. The Morgan fingerprint density at radius 1 is 1.43 bits per heavy atom. The van der Waals surface area contributed by atoms with Crippen LogP contribution in [0.3, 0.4) is 0 Å². The van der Waals surface area contributed by atoms with Crippen LogP contribution in [0.1, 0.15) is 56.9 Å². The van der Waals surface area contributed by atoms with Crippen molar-refractivity contribution in [2.45, 2.75) is 52.0 Å². The van der Waals surface area contributed by atoms with Crippen LogP contribution >= 0.6 is 24.0 Å². The summed E-state index contributed by atoms with van der Waals surface area (Å²) in [6, 6.07) is 2.00. The molecule has 0 aliphatic heterocycles. The summed E-state index contributed by atoms with van der Waals surface area (Å²) in [5.74, 6) is 3.06. The average molecular weight is 406 g/mol. The van der Waals surface area contributed by atoms with Crippen LogP contribution in [-0.2, 0) is 6.54 Å². The molecular weight excluding hydrogens is 379 g/mol. The molecule has 0 radical (unpaired) electrons. The molecule has 0 saturated heterocycles. The van der Waals surface area contributed by atoms with Gasteiger partial charge in [0, 0.05) is 19.7 Å². The summed E-state index contributed by atoms with van der Waals surface area (Å²) in [7, 11) is 1.79. The van der Waals surface area contributed by atoms with Crippen LogP contribution in [-0.4, -0.2) is 24.7 Å². The second kappa shape index (κ2) is 9.27. The van der Waals surface area contributed by atoms with E-state index in [1.54, 1.807) is 7.05 Å². The van der Waals surface area contributed by atoms with Gasteiger partial charge in [-0.15, -0.1) is 24.0 Å². The third-order valence-electron chi connectivity index (χ3n) is 3.60. The third kappa shape index (κ3) is 6.67. The second-order valence-electron chi connectivity index (χ2n) is 5.81. The van der Waals surface area contributed by atoms with E-state index in [1.165, 1.54) is 25.7 Å². The van der Waals surface area contributed by atoms with Gasteiger partial charge in [0.05, 0.1) is 12.2 Å². The standard InChI is InChI=1S/C15H26N4O.HI/c1-11(2)14-9-13(20-19-14)10-18-15(16-3)17-8-4-5-12-6-7-12;/h9,11-12H,4-8,10H2,1-3H3,(H2,16,17,18);1H. The van der Waals surface area contributed by atoms with E-state index >= 15 is 0 Å². The minimum absolute atomic E-state index is 0.